The molecule has 0 unspecified atom stereocenters. The van der Waals surface area contributed by atoms with E-state index in [1.807, 2.05) is 0 Å². The van der Waals surface area contributed by atoms with Crippen LogP contribution in [-0.2, 0) is 6.42 Å². The van der Waals surface area contributed by atoms with Gasteiger partial charge in [0, 0.05) is 36.1 Å². The number of nitro benzene ring substituents is 1. The lowest BCUT2D eigenvalue weighted by molar-refractivity contribution is -0.384. The largest absolute Gasteiger partial charge is 0.504 e. The molecule has 2 aromatic rings. The average molecular weight is 315 g/mol. The summed E-state index contributed by atoms with van der Waals surface area (Å²) >= 11 is 0. The quantitative estimate of drug-likeness (QED) is 0.500. The Labute approximate surface area is 133 Å². The number of phenolic OH excluding ortho intramolecular Hbond substituents is 1. The fourth-order valence-corrected chi connectivity index (χ4v) is 2.35. The zero-order chi connectivity index (χ0) is 17.0. The third-order valence-corrected chi connectivity index (χ3v) is 3.62. The molecule has 0 aliphatic rings. The third kappa shape index (κ3) is 3.48. The zero-order valence-corrected chi connectivity index (χ0v) is 12.9. The maximum atomic E-state index is 12.1. The number of ether oxygens (including phenoxy) is 1. The first-order valence-electron chi connectivity index (χ1n) is 7.13. The number of nitro groups is 1. The summed E-state index contributed by atoms with van der Waals surface area (Å²) in [6.07, 6.45) is 0.598. The number of methoxy groups -OCH3 is 1. The van der Waals surface area contributed by atoms with Crippen molar-refractivity contribution in [3.05, 3.63) is 63.2 Å². The number of rotatable bonds is 6. The summed E-state index contributed by atoms with van der Waals surface area (Å²) in [7, 11) is 1.44. The summed E-state index contributed by atoms with van der Waals surface area (Å²) in [5, 5.41) is 21.0. The normalized spacial score (nSPS) is 10.3. The molecule has 0 fully saturated rings. The number of hydrogen-bond donors (Lipinski definition) is 1. The Kier molecular flexibility index (Phi) is 4.95. The summed E-state index contributed by atoms with van der Waals surface area (Å²) in [4.78, 5) is 22.3. The van der Waals surface area contributed by atoms with E-state index in [-0.39, 0.29) is 29.4 Å². The molecule has 0 saturated heterocycles. The molecule has 0 amide bonds. The van der Waals surface area contributed by atoms with Gasteiger partial charge in [-0.15, -0.1) is 0 Å². The van der Waals surface area contributed by atoms with Crippen molar-refractivity contribution in [3.63, 3.8) is 0 Å². The topological polar surface area (TPSA) is 89.7 Å². The van der Waals surface area contributed by atoms with E-state index in [0.717, 1.165) is 5.56 Å². The van der Waals surface area contributed by atoms with E-state index in [9.17, 15) is 20.0 Å². The van der Waals surface area contributed by atoms with E-state index in [2.05, 4.69) is 0 Å². The molecule has 0 atom stereocenters. The van der Waals surface area contributed by atoms with Gasteiger partial charge in [0.25, 0.3) is 5.69 Å². The minimum absolute atomic E-state index is 0.00604. The van der Waals surface area contributed by atoms with Gasteiger partial charge in [-0.3, -0.25) is 14.9 Å². The molecule has 0 saturated carbocycles. The molecule has 0 spiro atoms. The Morgan fingerprint density at radius 3 is 2.39 bits per heavy atom. The summed E-state index contributed by atoms with van der Waals surface area (Å²) in [6.45, 7) is 1.75. The maximum Gasteiger partial charge on any atom is 0.269 e. The third-order valence-electron chi connectivity index (χ3n) is 3.62. The van der Waals surface area contributed by atoms with Crippen LogP contribution in [0.4, 0.5) is 5.69 Å². The molecule has 0 aromatic heterocycles. The van der Waals surface area contributed by atoms with Gasteiger partial charge < -0.3 is 9.84 Å². The summed E-state index contributed by atoms with van der Waals surface area (Å²) in [5.74, 6) is 0.125. The minimum atomic E-state index is -0.473. The van der Waals surface area contributed by atoms with Crippen molar-refractivity contribution in [1.82, 2.24) is 0 Å². The second kappa shape index (κ2) is 6.91. The van der Waals surface area contributed by atoms with Crippen molar-refractivity contribution in [2.45, 2.75) is 19.8 Å². The van der Waals surface area contributed by atoms with E-state index in [0.29, 0.717) is 17.5 Å². The van der Waals surface area contributed by atoms with E-state index >= 15 is 0 Å². The standard InChI is InChI=1S/C17H17NO5/c1-3-15(19)13-8-9-16(23-2)17(20)14(13)10-11-4-6-12(7-5-11)18(21)22/h4-9,20H,3,10H2,1-2H3. The number of benzene rings is 2. The molecular weight excluding hydrogens is 298 g/mol. The van der Waals surface area contributed by atoms with Gasteiger partial charge in [0.15, 0.2) is 17.3 Å². The summed E-state index contributed by atoms with van der Waals surface area (Å²) < 4.78 is 5.09. The first-order chi connectivity index (χ1) is 11.0. The molecule has 6 nitrogen and oxygen atoms in total. The van der Waals surface area contributed by atoms with E-state index in [4.69, 9.17) is 4.74 Å². The van der Waals surface area contributed by atoms with Crippen LogP contribution in [0, 0.1) is 10.1 Å². The van der Waals surface area contributed by atoms with Crippen molar-refractivity contribution < 1.29 is 19.6 Å². The lowest BCUT2D eigenvalue weighted by atomic mass is 9.95. The molecule has 0 bridgehead atoms. The van der Waals surface area contributed by atoms with E-state index in [1.54, 1.807) is 31.2 Å². The Hall–Kier alpha value is -2.89. The minimum Gasteiger partial charge on any atom is -0.504 e. The van der Waals surface area contributed by atoms with Gasteiger partial charge in [0.1, 0.15) is 0 Å². The van der Waals surface area contributed by atoms with Gasteiger partial charge in [-0.05, 0) is 17.7 Å². The van der Waals surface area contributed by atoms with Crippen LogP contribution in [0.15, 0.2) is 36.4 Å². The Morgan fingerprint density at radius 1 is 1.22 bits per heavy atom. The molecule has 120 valence electrons. The molecule has 2 rings (SSSR count). The van der Waals surface area contributed by atoms with Crippen LogP contribution in [0.25, 0.3) is 0 Å². The van der Waals surface area contributed by atoms with E-state index < -0.39 is 4.92 Å². The first-order valence-corrected chi connectivity index (χ1v) is 7.13. The van der Waals surface area contributed by atoms with Gasteiger partial charge >= 0.3 is 0 Å². The van der Waals surface area contributed by atoms with Crippen LogP contribution in [0.1, 0.15) is 34.8 Å². The van der Waals surface area contributed by atoms with Crippen molar-refractivity contribution in [1.29, 1.82) is 0 Å². The number of phenols is 1. The predicted molar refractivity (Wildman–Crippen MR) is 85.2 cm³/mol. The van der Waals surface area contributed by atoms with Crippen molar-refractivity contribution in [2.75, 3.05) is 7.11 Å². The van der Waals surface area contributed by atoms with Crippen LogP contribution in [0.5, 0.6) is 11.5 Å². The van der Waals surface area contributed by atoms with Gasteiger partial charge in [-0.1, -0.05) is 19.1 Å². The van der Waals surface area contributed by atoms with Gasteiger partial charge in [-0.2, -0.15) is 0 Å². The number of carbonyl (C=O) groups is 1. The predicted octanol–water partition coefficient (Wildman–Crippen LogP) is 3.49. The number of non-ortho nitro benzene ring substituents is 1. The number of ketones is 1. The number of Topliss-reactive ketones (excluding diaryl/α,β-unsaturated/α-hetero) is 1. The maximum absolute atomic E-state index is 12.1. The molecule has 0 radical (unpaired) electrons. The Morgan fingerprint density at radius 2 is 1.87 bits per heavy atom. The molecule has 0 aliphatic heterocycles. The highest BCUT2D eigenvalue weighted by molar-refractivity contribution is 5.98. The fraction of sp³-hybridized carbons (Fsp3) is 0.235. The average Bonchev–Trinajstić information content (AvgIpc) is 2.56. The van der Waals surface area contributed by atoms with Crippen LogP contribution in [0.3, 0.4) is 0 Å². The molecule has 0 heterocycles. The summed E-state index contributed by atoms with van der Waals surface area (Å²) in [5.41, 5.74) is 1.65. The molecular formula is C17H17NO5. The molecule has 0 aliphatic carbocycles. The molecule has 2 aromatic carbocycles. The number of aromatic hydroxyl groups is 1. The van der Waals surface area contributed by atoms with Crippen molar-refractivity contribution >= 4 is 11.5 Å². The molecule has 6 heteroatoms. The number of carbonyl (C=O) groups excluding carboxylic acids is 1. The lowest BCUT2D eigenvalue weighted by Crippen LogP contribution is -2.04. The number of nitrogens with zero attached hydrogens (tertiary/aromatic N) is 1. The Balaban J connectivity index is 2.44. The second-order valence-corrected chi connectivity index (χ2v) is 5.02. The van der Waals surface area contributed by atoms with Crippen LogP contribution in [0.2, 0.25) is 0 Å². The van der Waals surface area contributed by atoms with Crippen molar-refractivity contribution in [3.8, 4) is 11.5 Å². The highest BCUT2D eigenvalue weighted by Gasteiger charge is 2.18. The fourth-order valence-electron chi connectivity index (χ4n) is 2.35. The molecule has 1 N–H and O–H groups in total. The molecule has 23 heavy (non-hydrogen) atoms. The van der Waals surface area contributed by atoms with E-state index in [1.165, 1.54) is 19.2 Å². The van der Waals surface area contributed by atoms with Crippen LogP contribution in [-0.4, -0.2) is 22.9 Å². The Bertz CT molecular complexity index is 737. The monoisotopic (exact) mass is 315 g/mol. The van der Waals surface area contributed by atoms with Gasteiger partial charge in [0.05, 0.1) is 12.0 Å². The second-order valence-electron chi connectivity index (χ2n) is 5.02. The lowest BCUT2D eigenvalue weighted by Gasteiger charge is -2.13. The van der Waals surface area contributed by atoms with Gasteiger partial charge in [-0.25, -0.2) is 0 Å². The highest BCUT2D eigenvalue weighted by Crippen LogP contribution is 2.34. The first kappa shape index (κ1) is 16.5. The van der Waals surface area contributed by atoms with Crippen LogP contribution >= 0.6 is 0 Å². The SMILES string of the molecule is CCC(=O)c1ccc(OC)c(O)c1Cc1ccc([N+](=O)[O-])cc1. The highest BCUT2D eigenvalue weighted by atomic mass is 16.6. The van der Waals surface area contributed by atoms with Gasteiger partial charge in [0.2, 0.25) is 0 Å². The van der Waals surface area contributed by atoms with Crippen molar-refractivity contribution in [2.24, 2.45) is 0 Å². The van der Waals surface area contributed by atoms with Crippen LogP contribution < -0.4 is 4.74 Å². The smallest absolute Gasteiger partial charge is 0.269 e. The zero-order valence-electron chi connectivity index (χ0n) is 12.9. The number of hydrogen-bond acceptors (Lipinski definition) is 5. The summed E-state index contributed by atoms with van der Waals surface area (Å²) in [6, 6.07) is 9.19.